The molecular weight excluding hydrogens is 324 g/mol. The summed E-state index contributed by atoms with van der Waals surface area (Å²) in [5.41, 5.74) is 2.53. The maximum Gasteiger partial charge on any atom is 0.308 e. The third kappa shape index (κ3) is 4.45. The third-order valence-corrected chi connectivity index (χ3v) is 4.33. The van der Waals surface area contributed by atoms with E-state index in [0.29, 0.717) is 17.0 Å². The maximum atomic E-state index is 13.0. The van der Waals surface area contributed by atoms with Crippen LogP contribution in [-0.4, -0.2) is 18.9 Å². The molecule has 0 radical (unpaired) electrons. The van der Waals surface area contributed by atoms with E-state index in [1.165, 1.54) is 7.11 Å². The molecule has 3 nitrogen and oxygen atoms in total. The van der Waals surface area contributed by atoms with Crippen LogP contribution in [0.25, 0.3) is 0 Å². The Balaban J connectivity index is 2.36. The molecule has 0 aliphatic rings. The lowest BCUT2D eigenvalue weighted by atomic mass is 9.83. The number of carbonyl (C=O) groups excluding carboxylic acids is 2. The van der Waals surface area contributed by atoms with Gasteiger partial charge in [-0.2, -0.15) is 0 Å². The molecule has 0 N–H and O–H groups in total. The first-order valence-corrected chi connectivity index (χ1v) is 8.24. The van der Waals surface area contributed by atoms with Crippen LogP contribution < -0.4 is 0 Å². The summed E-state index contributed by atoms with van der Waals surface area (Å²) < 4.78 is 4.80. The molecule has 2 rings (SSSR count). The number of hydrogen-bond acceptors (Lipinski definition) is 3. The van der Waals surface area contributed by atoms with Crippen molar-refractivity contribution in [2.75, 3.05) is 7.11 Å². The first-order chi connectivity index (χ1) is 11.4. The zero-order chi connectivity index (χ0) is 17.7. The van der Waals surface area contributed by atoms with Gasteiger partial charge in [0, 0.05) is 16.5 Å². The number of methoxy groups -OCH3 is 1. The van der Waals surface area contributed by atoms with Gasteiger partial charge in [0.2, 0.25) is 0 Å². The predicted molar refractivity (Wildman–Crippen MR) is 95.5 cm³/mol. The smallest absolute Gasteiger partial charge is 0.308 e. The van der Waals surface area contributed by atoms with Gasteiger partial charge in [0.15, 0.2) is 5.78 Å². The quantitative estimate of drug-likeness (QED) is 0.557. The number of ketones is 1. The lowest BCUT2D eigenvalue weighted by Crippen LogP contribution is -2.21. The molecule has 4 heteroatoms. The number of benzene rings is 2. The van der Waals surface area contributed by atoms with Crippen LogP contribution in [0.3, 0.4) is 0 Å². The number of esters is 1. The summed E-state index contributed by atoms with van der Waals surface area (Å²) in [7, 11) is 1.36. The van der Waals surface area contributed by atoms with Crippen LogP contribution in [0.5, 0.6) is 0 Å². The molecule has 2 unspecified atom stereocenters. The largest absolute Gasteiger partial charge is 0.469 e. The van der Waals surface area contributed by atoms with Crippen molar-refractivity contribution in [2.24, 2.45) is 5.92 Å². The molecule has 0 saturated carbocycles. The van der Waals surface area contributed by atoms with Gasteiger partial charge in [-0.1, -0.05) is 60.5 Å². The number of rotatable bonds is 6. The molecule has 0 fully saturated rings. The zero-order valence-corrected chi connectivity index (χ0v) is 14.8. The monoisotopic (exact) mass is 344 g/mol. The Morgan fingerprint density at radius 3 is 2.38 bits per heavy atom. The molecule has 0 spiro atoms. The number of halogens is 1. The Kier molecular flexibility index (Phi) is 6.16. The standard InChI is InChI=1S/C20H21ClO3/c1-13-7-9-15(10-8-13)19(22)18(11-14(2)20(23)24-3)16-5-4-6-17(21)12-16/h4-10,12,14,18H,11H2,1-3H3. The van der Waals surface area contributed by atoms with E-state index in [1.54, 1.807) is 19.1 Å². The zero-order valence-electron chi connectivity index (χ0n) is 14.1. The fourth-order valence-corrected chi connectivity index (χ4v) is 2.89. The number of Topliss-reactive ketones (excluding diaryl/α,β-unsaturated/α-hetero) is 1. The van der Waals surface area contributed by atoms with E-state index >= 15 is 0 Å². The molecule has 24 heavy (non-hydrogen) atoms. The van der Waals surface area contributed by atoms with Crippen molar-refractivity contribution in [2.45, 2.75) is 26.2 Å². The average molecular weight is 345 g/mol. The molecule has 0 bridgehead atoms. The lowest BCUT2D eigenvalue weighted by molar-refractivity contribution is -0.145. The molecule has 0 aromatic heterocycles. The molecule has 2 aromatic carbocycles. The maximum absolute atomic E-state index is 13.0. The first-order valence-electron chi connectivity index (χ1n) is 7.86. The third-order valence-electron chi connectivity index (χ3n) is 4.10. The van der Waals surface area contributed by atoms with Crippen LogP contribution in [0.4, 0.5) is 0 Å². The predicted octanol–water partition coefficient (Wildman–Crippen LogP) is 4.81. The fraction of sp³-hybridized carbons (Fsp3) is 0.300. The van der Waals surface area contributed by atoms with Gasteiger partial charge in [-0.05, 0) is 31.0 Å². The van der Waals surface area contributed by atoms with Gasteiger partial charge in [-0.3, -0.25) is 9.59 Å². The molecule has 2 atom stereocenters. The van der Waals surface area contributed by atoms with Gasteiger partial charge in [0.1, 0.15) is 0 Å². The average Bonchev–Trinajstić information content (AvgIpc) is 2.58. The summed E-state index contributed by atoms with van der Waals surface area (Å²) in [5, 5.41) is 0.569. The Morgan fingerprint density at radius 2 is 1.79 bits per heavy atom. The summed E-state index contributed by atoms with van der Waals surface area (Å²) in [5.74, 6) is -1.17. The van der Waals surface area contributed by atoms with E-state index in [9.17, 15) is 9.59 Å². The van der Waals surface area contributed by atoms with Crippen molar-refractivity contribution in [1.29, 1.82) is 0 Å². The van der Waals surface area contributed by atoms with Crippen molar-refractivity contribution in [3.8, 4) is 0 Å². The van der Waals surface area contributed by atoms with E-state index in [2.05, 4.69) is 0 Å². The first kappa shape index (κ1) is 18.2. The highest BCUT2D eigenvalue weighted by Crippen LogP contribution is 2.30. The van der Waals surface area contributed by atoms with Crippen LogP contribution in [0.2, 0.25) is 5.02 Å². The van der Waals surface area contributed by atoms with Crippen molar-refractivity contribution in [3.05, 3.63) is 70.2 Å². The molecular formula is C20H21ClO3. The Hall–Kier alpha value is -2.13. The topological polar surface area (TPSA) is 43.4 Å². The van der Waals surface area contributed by atoms with Gasteiger partial charge >= 0.3 is 5.97 Å². The molecule has 0 heterocycles. The molecule has 0 aliphatic heterocycles. The highest BCUT2D eigenvalue weighted by molar-refractivity contribution is 6.30. The van der Waals surface area contributed by atoms with Crippen LogP contribution in [0.1, 0.15) is 40.7 Å². The van der Waals surface area contributed by atoms with E-state index in [0.717, 1.165) is 11.1 Å². The molecule has 0 saturated heterocycles. The number of aryl methyl sites for hydroxylation is 1. The van der Waals surface area contributed by atoms with Crippen molar-refractivity contribution >= 4 is 23.4 Å². The SMILES string of the molecule is COC(=O)C(C)CC(C(=O)c1ccc(C)cc1)c1cccc(Cl)c1. The second-order valence-corrected chi connectivity index (χ2v) is 6.43. The Morgan fingerprint density at radius 1 is 1.12 bits per heavy atom. The van der Waals surface area contributed by atoms with Gasteiger partial charge in [0.05, 0.1) is 13.0 Å². The van der Waals surface area contributed by atoms with Crippen molar-refractivity contribution in [1.82, 2.24) is 0 Å². The lowest BCUT2D eigenvalue weighted by Gasteiger charge is -2.20. The normalized spacial score (nSPS) is 13.2. The van der Waals surface area contributed by atoms with Gasteiger partial charge in [0.25, 0.3) is 0 Å². The minimum Gasteiger partial charge on any atom is -0.469 e. The van der Waals surface area contributed by atoms with E-state index in [-0.39, 0.29) is 17.7 Å². The van der Waals surface area contributed by atoms with Gasteiger partial charge in [-0.25, -0.2) is 0 Å². The van der Waals surface area contributed by atoms with Crippen molar-refractivity contribution < 1.29 is 14.3 Å². The minimum absolute atomic E-state index is 0.0204. The second-order valence-electron chi connectivity index (χ2n) is 6.00. The molecule has 0 amide bonds. The highest BCUT2D eigenvalue weighted by Gasteiger charge is 2.27. The van der Waals surface area contributed by atoms with Crippen LogP contribution in [0, 0.1) is 12.8 Å². The van der Waals surface area contributed by atoms with E-state index in [4.69, 9.17) is 16.3 Å². The van der Waals surface area contributed by atoms with Gasteiger partial charge < -0.3 is 4.74 Å². The molecule has 0 aliphatic carbocycles. The summed E-state index contributed by atoms with van der Waals surface area (Å²) >= 11 is 6.08. The summed E-state index contributed by atoms with van der Waals surface area (Å²) in [6.45, 7) is 3.74. The van der Waals surface area contributed by atoms with Crippen LogP contribution in [0.15, 0.2) is 48.5 Å². The minimum atomic E-state index is -0.444. The number of carbonyl (C=O) groups is 2. The Labute approximate surface area is 147 Å². The summed E-state index contributed by atoms with van der Waals surface area (Å²) in [4.78, 5) is 24.8. The number of ether oxygens (including phenoxy) is 1. The molecule has 126 valence electrons. The second kappa shape index (κ2) is 8.11. The van der Waals surface area contributed by atoms with Gasteiger partial charge in [-0.15, -0.1) is 0 Å². The van der Waals surface area contributed by atoms with E-state index < -0.39 is 5.92 Å². The highest BCUT2D eigenvalue weighted by atomic mass is 35.5. The van der Waals surface area contributed by atoms with Crippen LogP contribution >= 0.6 is 11.6 Å². The Bertz CT molecular complexity index is 722. The molecule has 2 aromatic rings. The van der Waals surface area contributed by atoms with Crippen molar-refractivity contribution in [3.63, 3.8) is 0 Å². The fourth-order valence-electron chi connectivity index (χ4n) is 2.69. The summed E-state index contributed by atoms with van der Waals surface area (Å²) in [6.07, 6.45) is 0.375. The number of hydrogen-bond donors (Lipinski definition) is 0. The van der Waals surface area contributed by atoms with E-state index in [1.807, 2.05) is 43.3 Å². The summed E-state index contributed by atoms with van der Waals surface area (Å²) in [6, 6.07) is 14.7. The van der Waals surface area contributed by atoms with Crippen LogP contribution in [-0.2, 0) is 9.53 Å².